The lowest BCUT2D eigenvalue weighted by atomic mass is 10.1. The van der Waals surface area contributed by atoms with Crippen molar-refractivity contribution in [2.24, 2.45) is 0 Å². The van der Waals surface area contributed by atoms with Crippen molar-refractivity contribution in [2.45, 2.75) is 0 Å². The molecule has 16 heavy (non-hydrogen) atoms. The summed E-state index contributed by atoms with van der Waals surface area (Å²) in [5.74, 6) is 0. The van der Waals surface area contributed by atoms with Crippen LogP contribution in [0.4, 0.5) is 0 Å². The monoisotopic (exact) mass is 282 g/mol. The minimum atomic E-state index is -0.341. The second-order valence-electron chi connectivity index (χ2n) is 3.58. The lowest BCUT2D eigenvalue weighted by molar-refractivity contribution is 1.64. The molecule has 0 aromatic heterocycles. The van der Waals surface area contributed by atoms with Gasteiger partial charge in [0.1, 0.15) is 0 Å². The molecule has 0 fully saturated rings. The fourth-order valence-electron chi connectivity index (χ4n) is 1.60. The summed E-state index contributed by atoms with van der Waals surface area (Å²) in [6, 6.07) is 21.0. The van der Waals surface area contributed by atoms with E-state index in [0.717, 1.165) is 0 Å². The lowest BCUT2D eigenvalue weighted by Gasteiger charge is -2.04. The van der Waals surface area contributed by atoms with Crippen molar-refractivity contribution in [3.63, 3.8) is 0 Å². The van der Waals surface area contributed by atoms with Crippen molar-refractivity contribution >= 4 is 40.9 Å². The van der Waals surface area contributed by atoms with Crippen LogP contribution >= 0.6 is 12.9 Å². The molecule has 0 aliphatic carbocycles. The predicted octanol–water partition coefficient (Wildman–Crippen LogP) is 4.20. The Bertz CT molecular complexity index is 463. The number of benzene rings is 2. The van der Waals surface area contributed by atoms with Gasteiger partial charge in [0.2, 0.25) is 0 Å². The van der Waals surface area contributed by atoms with E-state index in [1.807, 2.05) is 6.07 Å². The highest BCUT2D eigenvalue weighted by Crippen LogP contribution is 2.18. The number of hydrogen-bond acceptors (Lipinski definition) is 0. The van der Waals surface area contributed by atoms with Gasteiger partial charge in [-0.1, -0.05) is 66.7 Å². The van der Waals surface area contributed by atoms with Gasteiger partial charge in [0.15, 0.2) is 0 Å². The maximum absolute atomic E-state index is 3.68. The molecule has 2 aromatic carbocycles. The van der Waals surface area contributed by atoms with Crippen LogP contribution in [0.2, 0.25) is 0 Å². The third kappa shape index (κ3) is 3.21. The van der Waals surface area contributed by atoms with Gasteiger partial charge >= 0.3 is 18.2 Å². The highest BCUT2D eigenvalue weighted by Gasteiger charge is 2.02. The summed E-state index contributed by atoms with van der Waals surface area (Å²) in [5.41, 5.74) is 2.60. The number of halogens is 1. The van der Waals surface area contributed by atoms with Gasteiger partial charge in [-0.3, -0.25) is 12.9 Å². The Kier molecular flexibility index (Phi) is 4.64. The van der Waals surface area contributed by atoms with Crippen molar-refractivity contribution in [1.29, 1.82) is 0 Å². The minimum absolute atomic E-state index is 0.341. The molecule has 2 aromatic rings. The first-order valence-electron chi connectivity index (χ1n) is 5.27. The molecule has 0 spiro atoms. The van der Waals surface area contributed by atoms with Crippen LogP contribution in [0.15, 0.2) is 60.7 Å². The average molecular weight is 283 g/mol. The molecule has 0 bridgehead atoms. The van der Waals surface area contributed by atoms with Gasteiger partial charge in [0.05, 0.1) is 0 Å². The topological polar surface area (TPSA) is 0 Å². The van der Waals surface area contributed by atoms with E-state index in [0.29, 0.717) is 0 Å². The van der Waals surface area contributed by atoms with Gasteiger partial charge in [0.25, 0.3) is 0 Å². The first-order chi connectivity index (χ1) is 7.90. The van der Waals surface area contributed by atoms with Crippen molar-refractivity contribution in [1.82, 2.24) is 0 Å². The van der Waals surface area contributed by atoms with Crippen LogP contribution in [-0.4, -0.2) is 18.2 Å². The van der Waals surface area contributed by atoms with Gasteiger partial charge in [-0.05, 0) is 11.1 Å². The molecule has 0 nitrogen and oxygen atoms in total. The van der Waals surface area contributed by atoms with Crippen LogP contribution in [0.5, 0.6) is 0 Å². The third-order valence-corrected chi connectivity index (χ3v) is 5.14. The Hall–Kier alpha value is -0.574. The van der Waals surface area contributed by atoms with E-state index in [4.69, 9.17) is 0 Å². The SMILES string of the molecule is [Br][Mg]/[C](=C/c1ccccc1)c1ccccc1. The third-order valence-electron chi connectivity index (χ3n) is 2.43. The van der Waals surface area contributed by atoms with Crippen LogP contribution in [0.3, 0.4) is 0 Å². The van der Waals surface area contributed by atoms with Crippen molar-refractivity contribution < 1.29 is 0 Å². The summed E-state index contributed by atoms with van der Waals surface area (Å²) >= 11 is 3.34. The molecule has 0 unspecified atom stereocenters. The van der Waals surface area contributed by atoms with E-state index in [2.05, 4.69) is 73.6 Å². The first kappa shape index (κ1) is 11.9. The van der Waals surface area contributed by atoms with Crippen molar-refractivity contribution in [2.75, 3.05) is 0 Å². The molecule has 0 atom stereocenters. The number of hydrogen-bond donors (Lipinski definition) is 0. The summed E-state index contributed by atoms with van der Waals surface area (Å²) < 4.78 is 1.44. The molecule has 0 aliphatic heterocycles. The van der Waals surface area contributed by atoms with Gasteiger partial charge in [-0.2, -0.15) is 0 Å². The zero-order valence-corrected chi connectivity index (χ0v) is 11.9. The Labute approximate surface area is 112 Å². The molecule has 2 heteroatoms. The van der Waals surface area contributed by atoms with Crippen molar-refractivity contribution in [3.05, 3.63) is 71.8 Å². The van der Waals surface area contributed by atoms with Gasteiger partial charge < -0.3 is 0 Å². The summed E-state index contributed by atoms with van der Waals surface area (Å²) in [5, 5.41) is 0. The Morgan fingerprint density at radius 3 is 2.00 bits per heavy atom. The zero-order valence-electron chi connectivity index (χ0n) is 8.94. The van der Waals surface area contributed by atoms with Gasteiger partial charge in [-0.15, -0.1) is 3.70 Å². The van der Waals surface area contributed by atoms with Crippen LogP contribution in [0.25, 0.3) is 9.78 Å². The van der Waals surface area contributed by atoms with Crippen LogP contribution < -0.4 is 0 Å². The van der Waals surface area contributed by atoms with Crippen LogP contribution in [0, 0.1) is 0 Å². The summed E-state index contributed by atoms with van der Waals surface area (Å²) in [6.45, 7) is 0. The lowest BCUT2D eigenvalue weighted by Crippen LogP contribution is -1.88. The second-order valence-corrected chi connectivity index (χ2v) is 6.29. The van der Waals surface area contributed by atoms with E-state index in [1.165, 1.54) is 14.8 Å². The standard InChI is InChI=1S/C14H11.BrH.Mg/c1-3-7-13(8-4-1)11-12-14-9-5-2-6-10-14;;/h1-11H;1H;/q;;+1/p-1. The Morgan fingerprint density at radius 2 is 1.44 bits per heavy atom. The maximum Gasteiger partial charge on any atom is 0.507 e. The smallest absolute Gasteiger partial charge is 0.296 e. The summed E-state index contributed by atoms with van der Waals surface area (Å²) in [4.78, 5) is 0. The molecule has 2 rings (SSSR count). The molecule has 0 aliphatic rings. The first-order valence-corrected chi connectivity index (χ1v) is 9.88. The molecule has 0 amide bonds. The molecule has 0 saturated carbocycles. The van der Waals surface area contributed by atoms with Crippen molar-refractivity contribution in [3.8, 4) is 0 Å². The fourth-order valence-corrected chi connectivity index (χ4v) is 3.76. The van der Waals surface area contributed by atoms with Crippen LogP contribution in [-0.2, 0) is 0 Å². The largest absolute Gasteiger partial charge is 0.507 e. The van der Waals surface area contributed by atoms with E-state index in [9.17, 15) is 0 Å². The highest BCUT2D eigenvalue weighted by molar-refractivity contribution is 9.23. The Balaban J connectivity index is 2.34. The molecular weight excluding hydrogens is 272 g/mol. The molecule has 0 saturated heterocycles. The fraction of sp³-hybridized carbons (Fsp3) is 0. The predicted molar refractivity (Wildman–Crippen MR) is 75.4 cm³/mol. The molecular formula is C14H11BrMg. The van der Waals surface area contributed by atoms with E-state index in [-0.39, 0.29) is 18.2 Å². The molecule has 76 valence electrons. The quantitative estimate of drug-likeness (QED) is 0.585. The van der Waals surface area contributed by atoms with E-state index >= 15 is 0 Å². The van der Waals surface area contributed by atoms with Gasteiger partial charge in [-0.25, -0.2) is 0 Å². The van der Waals surface area contributed by atoms with E-state index in [1.54, 1.807) is 0 Å². The average Bonchev–Trinajstić information content (AvgIpc) is 2.38. The minimum Gasteiger partial charge on any atom is -0.296 e. The molecule has 0 N–H and O–H groups in total. The summed E-state index contributed by atoms with van der Waals surface area (Å²) in [6.07, 6.45) is 2.27. The molecule has 0 heterocycles. The summed E-state index contributed by atoms with van der Waals surface area (Å²) in [7, 11) is 0. The normalized spacial score (nSPS) is 10.9. The Morgan fingerprint density at radius 1 is 0.875 bits per heavy atom. The maximum atomic E-state index is 3.68. The van der Waals surface area contributed by atoms with E-state index < -0.39 is 0 Å². The van der Waals surface area contributed by atoms with Crippen LogP contribution in [0.1, 0.15) is 11.1 Å². The molecule has 0 radical (unpaired) electrons. The van der Waals surface area contributed by atoms with Gasteiger partial charge in [0, 0.05) is 0 Å². The zero-order chi connectivity index (χ0) is 11.2. The number of rotatable bonds is 3. The highest BCUT2D eigenvalue weighted by atomic mass is 79.9. The second kappa shape index (κ2) is 6.23.